The van der Waals surface area contributed by atoms with Crippen molar-refractivity contribution in [2.45, 2.75) is 70.4 Å². The van der Waals surface area contributed by atoms with Gasteiger partial charge in [0.05, 0.1) is 0 Å². The zero-order valence-electron chi connectivity index (χ0n) is 14.4. The van der Waals surface area contributed by atoms with Gasteiger partial charge in [0.25, 0.3) is 0 Å². The molecule has 2 amide bonds. The Labute approximate surface area is 139 Å². The summed E-state index contributed by atoms with van der Waals surface area (Å²) in [6, 6.07) is 0.684. The molecule has 0 aromatic heterocycles. The molecule has 23 heavy (non-hydrogen) atoms. The lowest BCUT2D eigenvalue weighted by atomic mass is 9.84. The summed E-state index contributed by atoms with van der Waals surface area (Å²) in [6.45, 7) is 4.70. The normalized spacial score (nSPS) is 32.7. The van der Waals surface area contributed by atoms with E-state index in [9.17, 15) is 9.59 Å². The summed E-state index contributed by atoms with van der Waals surface area (Å²) in [5, 5.41) is 6.62. The molecule has 2 N–H and O–H groups in total. The van der Waals surface area contributed by atoms with Gasteiger partial charge in [-0.15, -0.1) is 0 Å². The van der Waals surface area contributed by atoms with Crippen molar-refractivity contribution in [2.24, 2.45) is 11.8 Å². The highest BCUT2D eigenvalue weighted by atomic mass is 16.2. The molecule has 0 bridgehead atoms. The molecule has 1 unspecified atom stereocenters. The first-order valence-corrected chi connectivity index (χ1v) is 9.46. The largest absolute Gasteiger partial charge is 0.353 e. The van der Waals surface area contributed by atoms with Crippen LogP contribution >= 0.6 is 0 Å². The molecule has 1 saturated heterocycles. The number of amides is 2. The molecular weight excluding hydrogens is 290 g/mol. The lowest BCUT2D eigenvalue weighted by Gasteiger charge is -2.36. The lowest BCUT2D eigenvalue weighted by Crippen LogP contribution is -2.53. The molecule has 3 aliphatic rings. The summed E-state index contributed by atoms with van der Waals surface area (Å²) in [5.41, 5.74) is 0. The van der Waals surface area contributed by atoms with Gasteiger partial charge in [-0.05, 0) is 45.4 Å². The third-order valence-corrected chi connectivity index (χ3v) is 5.83. The summed E-state index contributed by atoms with van der Waals surface area (Å²) in [6.07, 6.45) is 8.26. The molecule has 0 radical (unpaired) electrons. The average molecular weight is 321 g/mol. The molecule has 5 nitrogen and oxygen atoms in total. The van der Waals surface area contributed by atoms with E-state index in [1.54, 1.807) is 0 Å². The van der Waals surface area contributed by atoms with Crippen LogP contribution in [0, 0.1) is 11.8 Å². The van der Waals surface area contributed by atoms with Crippen molar-refractivity contribution >= 4 is 11.8 Å². The maximum atomic E-state index is 12.6. The van der Waals surface area contributed by atoms with E-state index in [-0.39, 0.29) is 23.8 Å². The average Bonchev–Trinajstić information content (AvgIpc) is 3.09. The molecule has 0 spiro atoms. The molecule has 1 aliphatic heterocycles. The topological polar surface area (TPSA) is 61.4 Å². The Morgan fingerprint density at radius 1 is 1.00 bits per heavy atom. The van der Waals surface area contributed by atoms with E-state index in [1.165, 1.54) is 12.8 Å². The number of carbonyl (C=O) groups excluding carboxylic acids is 2. The minimum atomic E-state index is 0.167. The predicted molar refractivity (Wildman–Crippen MR) is 89.9 cm³/mol. The van der Waals surface area contributed by atoms with Crippen LogP contribution in [-0.2, 0) is 9.59 Å². The number of piperazine rings is 1. The van der Waals surface area contributed by atoms with Gasteiger partial charge in [-0.1, -0.05) is 12.8 Å². The number of nitrogens with one attached hydrogen (secondary N) is 2. The highest BCUT2D eigenvalue weighted by Gasteiger charge is 2.32. The Morgan fingerprint density at radius 3 is 2.35 bits per heavy atom. The monoisotopic (exact) mass is 321 g/mol. The first-order chi connectivity index (χ1) is 11.1. The Hall–Kier alpha value is -1.10. The van der Waals surface area contributed by atoms with Crippen LogP contribution < -0.4 is 10.6 Å². The Morgan fingerprint density at radius 2 is 1.70 bits per heavy atom. The molecular formula is C18H31N3O2. The van der Waals surface area contributed by atoms with E-state index < -0.39 is 0 Å². The molecule has 5 heteroatoms. The van der Waals surface area contributed by atoms with Gasteiger partial charge < -0.3 is 15.5 Å². The Kier molecular flexibility index (Phi) is 5.57. The van der Waals surface area contributed by atoms with Crippen molar-refractivity contribution in [3.63, 3.8) is 0 Å². The highest BCUT2D eigenvalue weighted by molar-refractivity contribution is 5.80. The maximum Gasteiger partial charge on any atom is 0.225 e. The van der Waals surface area contributed by atoms with Crippen LogP contribution in [0.3, 0.4) is 0 Å². The molecule has 2 saturated carbocycles. The van der Waals surface area contributed by atoms with Gasteiger partial charge in [0.15, 0.2) is 0 Å². The molecule has 0 aromatic carbocycles. The summed E-state index contributed by atoms with van der Waals surface area (Å²) in [5.74, 6) is 1.00. The molecule has 3 fully saturated rings. The fraction of sp³-hybridized carbons (Fsp3) is 0.889. The SMILES string of the molecule is CC1CN(C(=O)C2CCC(NC(=O)C3CCCC3)CC2)CCN1. The van der Waals surface area contributed by atoms with Crippen LogP contribution in [-0.4, -0.2) is 48.4 Å². The quantitative estimate of drug-likeness (QED) is 0.831. The second-order valence-electron chi connectivity index (χ2n) is 7.68. The van der Waals surface area contributed by atoms with Crippen molar-refractivity contribution in [1.82, 2.24) is 15.5 Å². The Balaban J connectivity index is 1.42. The summed E-state index contributed by atoms with van der Waals surface area (Å²) in [7, 11) is 0. The van der Waals surface area contributed by atoms with Crippen LogP contribution in [0.4, 0.5) is 0 Å². The van der Waals surface area contributed by atoms with Gasteiger partial charge in [-0.3, -0.25) is 9.59 Å². The number of hydrogen-bond acceptors (Lipinski definition) is 3. The Bertz CT molecular complexity index is 426. The van der Waals surface area contributed by atoms with Gasteiger partial charge in [0.2, 0.25) is 11.8 Å². The molecule has 2 aliphatic carbocycles. The van der Waals surface area contributed by atoms with Crippen LogP contribution in [0.1, 0.15) is 58.3 Å². The fourth-order valence-electron chi connectivity index (χ4n) is 4.38. The second kappa shape index (κ2) is 7.65. The van der Waals surface area contributed by atoms with Gasteiger partial charge in [0, 0.05) is 43.6 Å². The van der Waals surface area contributed by atoms with Crippen LogP contribution in [0.15, 0.2) is 0 Å². The van der Waals surface area contributed by atoms with E-state index in [1.807, 2.05) is 4.90 Å². The minimum absolute atomic E-state index is 0.167. The van der Waals surface area contributed by atoms with Crippen molar-refractivity contribution in [1.29, 1.82) is 0 Å². The van der Waals surface area contributed by atoms with Gasteiger partial charge in [-0.2, -0.15) is 0 Å². The highest BCUT2D eigenvalue weighted by Crippen LogP contribution is 2.28. The van der Waals surface area contributed by atoms with Crippen LogP contribution in [0.25, 0.3) is 0 Å². The minimum Gasteiger partial charge on any atom is -0.353 e. The van der Waals surface area contributed by atoms with Gasteiger partial charge in [-0.25, -0.2) is 0 Å². The standard InChI is InChI=1S/C18H31N3O2/c1-13-12-21(11-10-19-13)18(23)15-6-8-16(9-7-15)20-17(22)14-4-2-3-5-14/h13-16,19H,2-12H2,1H3,(H,20,22). The first-order valence-electron chi connectivity index (χ1n) is 9.46. The van der Waals surface area contributed by atoms with E-state index >= 15 is 0 Å². The van der Waals surface area contributed by atoms with Crippen molar-refractivity contribution < 1.29 is 9.59 Å². The molecule has 130 valence electrons. The molecule has 1 atom stereocenters. The zero-order chi connectivity index (χ0) is 16.2. The van der Waals surface area contributed by atoms with Crippen LogP contribution in [0.2, 0.25) is 0 Å². The van der Waals surface area contributed by atoms with Crippen molar-refractivity contribution in [2.75, 3.05) is 19.6 Å². The molecule has 3 rings (SSSR count). The third kappa shape index (κ3) is 4.25. The van der Waals surface area contributed by atoms with E-state index in [2.05, 4.69) is 17.6 Å². The second-order valence-corrected chi connectivity index (χ2v) is 7.68. The first kappa shape index (κ1) is 16.7. The van der Waals surface area contributed by atoms with E-state index in [0.717, 1.165) is 58.2 Å². The summed E-state index contributed by atoms with van der Waals surface area (Å²) < 4.78 is 0. The van der Waals surface area contributed by atoms with Gasteiger partial charge >= 0.3 is 0 Å². The zero-order valence-corrected chi connectivity index (χ0v) is 14.4. The predicted octanol–water partition coefficient (Wildman–Crippen LogP) is 1.67. The molecule has 0 aromatic rings. The fourth-order valence-corrected chi connectivity index (χ4v) is 4.38. The lowest BCUT2D eigenvalue weighted by molar-refractivity contribution is -0.137. The maximum absolute atomic E-state index is 12.6. The number of hydrogen-bond donors (Lipinski definition) is 2. The van der Waals surface area contributed by atoms with E-state index in [4.69, 9.17) is 0 Å². The third-order valence-electron chi connectivity index (χ3n) is 5.83. The van der Waals surface area contributed by atoms with Gasteiger partial charge in [0.1, 0.15) is 0 Å². The number of nitrogens with zero attached hydrogens (tertiary/aromatic N) is 1. The van der Waals surface area contributed by atoms with E-state index in [0.29, 0.717) is 11.9 Å². The van der Waals surface area contributed by atoms with Crippen molar-refractivity contribution in [3.05, 3.63) is 0 Å². The number of rotatable bonds is 3. The number of carbonyl (C=O) groups is 2. The summed E-state index contributed by atoms with van der Waals surface area (Å²) in [4.78, 5) is 26.9. The van der Waals surface area contributed by atoms with Crippen LogP contribution in [0.5, 0.6) is 0 Å². The smallest absolute Gasteiger partial charge is 0.225 e. The van der Waals surface area contributed by atoms with Crippen molar-refractivity contribution in [3.8, 4) is 0 Å². The molecule has 1 heterocycles. The summed E-state index contributed by atoms with van der Waals surface area (Å²) >= 11 is 0.